The minimum Gasteiger partial charge on any atom is -0.411 e. The lowest BCUT2D eigenvalue weighted by Gasteiger charge is -2.15. The summed E-state index contributed by atoms with van der Waals surface area (Å²) in [6, 6.07) is 18.0. The van der Waals surface area contributed by atoms with Gasteiger partial charge in [-0.2, -0.15) is 0 Å². The highest BCUT2D eigenvalue weighted by atomic mass is 32.2. The minimum atomic E-state index is -0.0665. The van der Waals surface area contributed by atoms with Crippen molar-refractivity contribution < 1.29 is 9.21 Å². The smallest absolute Gasteiger partial charge is 0.277 e. The van der Waals surface area contributed by atoms with Crippen LogP contribution in [0.15, 0.2) is 64.2 Å². The van der Waals surface area contributed by atoms with E-state index in [4.69, 9.17) is 4.42 Å². The van der Waals surface area contributed by atoms with Crippen molar-refractivity contribution in [3.05, 3.63) is 65.7 Å². The topological polar surface area (TPSA) is 68.0 Å². The average Bonchev–Trinajstić information content (AvgIpc) is 3.16. The Morgan fingerprint density at radius 2 is 1.75 bits per heavy atom. The molecule has 0 saturated heterocycles. The van der Waals surface area contributed by atoms with E-state index >= 15 is 0 Å². The second-order valence-corrected chi connectivity index (χ2v) is 8.08. The highest BCUT2D eigenvalue weighted by Gasteiger charge is 2.13. The van der Waals surface area contributed by atoms with Crippen LogP contribution in [0.3, 0.4) is 0 Å². The number of aromatic nitrogens is 2. The molecule has 6 heteroatoms. The van der Waals surface area contributed by atoms with Crippen molar-refractivity contribution in [2.24, 2.45) is 5.92 Å². The Balaban J connectivity index is 1.49. The number of hydrogen-bond donors (Lipinski definition) is 1. The summed E-state index contributed by atoms with van der Waals surface area (Å²) in [7, 11) is 0. The zero-order chi connectivity index (χ0) is 19.9. The molecule has 0 radical (unpaired) electrons. The molecule has 0 aliphatic rings. The standard InChI is InChI=1S/C22H25N3O2S/c1-15(2)13-17-9-11-18(12-10-17)16(3)23-20(26)14-28-22-25-24-21(27-22)19-7-5-4-6-8-19/h4-12,15-16H,13-14H2,1-3H3,(H,23,26)/t16-/m0/s1. The first-order valence-electron chi connectivity index (χ1n) is 9.41. The van der Waals surface area contributed by atoms with Crippen LogP contribution in [0.25, 0.3) is 11.5 Å². The normalized spacial score (nSPS) is 12.1. The van der Waals surface area contributed by atoms with E-state index in [1.54, 1.807) is 0 Å². The summed E-state index contributed by atoms with van der Waals surface area (Å²) in [4.78, 5) is 12.3. The number of rotatable bonds is 8. The van der Waals surface area contributed by atoms with Crippen molar-refractivity contribution in [1.82, 2.24) is 15.5 Å². The molecule has 5 nitrogen and oxygen atoms in total. The van der Waals surface area contributed by atoms with Crippen LogP contribution in [0.4, 0.5) is 0 Å². The van der Waals surface area contributed by atoms with E-state index in [2.05, 4.69) is 53.6 Å². The number of nitrogens with zero attached hydrogens (tertiary/aromatic N) is 2. The molecule has 3 aromatic rings. The Morgan fingerprint density at radius 3 is 2.43 bits per heavy atom. The third-order valence-corrected chi connectivity index (χ3v) is 5.07. The molecule has 146 valence electrons. The Kier molecular flexibility index (Phi) is 6.87. The minimum absolute atomic E-state index is 0.0521. The summed E-state index contributed by atoms with van der Waals surface area (Å²) < 4.78 is 5.62. The van der Waals surface area contributed by atoms with E-state index in [9.17, 15) is 4.79 Å². The quantitative estimate of drug-likeness (QED) is 0.549. The fourth-order valence-corrected chi connectivity index (χ4v) is 3.45. The van der Waals surface area contributed by atoms with Gasteiger partial charge in [0.2, 0.25) is 11.8 Å². The molecular weight excluding hydrogens is 370 g/mol. The SMILES string of the molecule is CC(C)Cc1ccc([C@H](C)NC(=O)CSc2nnc(-c3ccccc3)o2)cc1. The monoisotopic (exact) mass is 395 g/mol. The molecule has 1 aromatic heterocycles. The van der Waals surface area contributed by atoms with Crippen molar-refractivity contribution >= 4 is 17.7 Å². The van der Waals surface area contributed by atoms with Gasteiger partial charge < -0.3 is 9.73 Å². The number of nitrogens with one attached hydrogen (secondary N) is 1. The van der Waals surface area contributed by atoms with Crippen LogP contribution >= 0.6 is 11.8 Å². The van der Waals surface area contributed by atoms with Gasteiger partial charge in [-0.3, -0.25) is 4.79 Å². The first-order valence-corrected chi connectivity index (χ1v) is 10.4. The van der Waals surface area contributed by atoms with E-state index in [-0.39, 0.29) is 17.7 Å². The summed E-state index contributed by atoms with van der Waals surface area (Å²) in [5.41, 5.74) is 3.27. The predicted octanol–water partition coefficient (Wildman–Crippen LogP) is 4.90. The molecule has 0 fully saturated rings. The van der Waals surface area contributed by atoms with Crippen LogP contribution in [0.1, 0.15) is 37.9 Å². The van der Waals surface area contributed by atoms with Gasteiger partial charge in [0, 0.05) is 5.56 Å². The maximum absolute atomic E-state index is 12.3. The number of benzene rings is 2. The van der Waals surface area contributed by atoms with Crippen LogP contribution in [0, 0.1) is 5.92 Å². The highest BCUT2D eigenvalue weighted by Crippen LogP contribution is 2.23. The van der Waals surface area contributed by atoms with Crippen molar-refractivity contribution in [1.29, 1.82) is 0 Å². The zero-order valence-electron chi connectivity index (χ0n) is 16.4. The van der Waals surface area contributed by atoms with E-state index in [0.717, 1.165) is 17.5 Å². The molecule has 0 aliphatic carbocycles. The second kappa shape index (κ2) is 9.55. The number of amides is 1. The number of carbonyl (C=O) groups is 1. The first-order chi connectivity index (χ1) is 13.5. The van der Waals surface area contributed by atoms with Gasteiger partial charge in [0.25, 0.3) is 5.22 Å². The van der Waals surface area contributed by atoms with Gasteiger partial charge in [-0.25, -0.2) is 0 Å². The molecule has 3 rings (SSSR count). The van der Waals surface area contributed by atoms with Crippen molar-refractivity contribution in [2.75, 3.05) is 5.75 Å². The van der Waals surface area contributed by atoms with Crippen LogP contribution in [-0.4, -0.2) is 21.9 Å². The molecule has 1 N–H and O–H groups in total. The van der Waals surface area contributed by atoms with Gasteiger partial charge >= 0.3 is 0 Å². The third-order valence-electron chi connectivity index (χ3n) is 4.26. The van der Waals surface area contributed by atoms with E-state index in [1.165, 1.54) is 17.3 Å². The van der Waals surface area contributed by atoms with Gasteiger partial charge in [0.1, 0.15) is 0 Å². The van der Waals surface area contributed by atoms with E-state index in [0.29, 0.717) is 17.0 Å². The maximum atomic E-state index is 12.3. The van der Waals surface area contributed by atoms with E-state index < -0.39 is 0 Å². The number of carbonyl (C=O) groups excluding carboxylic acids is 1. The molecule has 1 heterocycles. The van der Waals surface area contributed by atoms with Gasteiger partial charge in [-0.1, -0.05) is 68.1 Å². The molecular formula is C22H25N3O2S. The van der Waals surface area contributed by atoms with Crippen molar-refractivity contribution in [2.45, 2.75) is 38.5 Å². The van der Waals surface area contributed by atoms with Crippen LogP contribution in [0.5, 0.6) is 0 Å². The fourth-order valence-electron chi connectivity index (χ4n) is 2.87. The van der Waals surface area contributed by atoms with E-state index in [1.807, 2.05) is 37.3 Å². The predicted molar refractivity (Wildman–Crippen MR) is 112 cm³/mol. The average molecular weight is 396 g/mol. The molecule has 0 bridgehead atoms. The molecule has 0 unspecified atom stereocenters. The molecule has 1 amide bonds. The number of hydrogen-bond acceptors (Lipinski definition) is 5. The lowest BCUT2D eigenvalue weighted by molar-refractivity contribution is -0.119. The summed E-state index contributed by atoms with van der Waals surface area (Å²) in [6.45, 7) is 6.40. The lowest BCUT2D eigenvalue weighted by Crippen LogP contribution is -2.28. The number of thioether (sulfide) groups is 1. The third kappa shape index (κ3) is 5.70. The summed E-state index contributed by atoms with van der Waals surface area (Å²) in [6.07, 6.45) is 1.06. The Bertz CT molecular complexity index is 892. The van der Waals surface area contributed by atoms with Crippen LogP contribution < -0.4 is 5.32 Å². The van der Waals surface area contributed by atoms with Crippen LogP contribution in [-0.2, 0) is 11.2 Å². The largest absolute Gasteiger partial charge is 0.411 e. The summed E-state index contributed by atoms with van der Waals surface area (Å²) in [5, 5.41) is 11.4. The molecule has 0 saturated carbocycles. The molecule has 1 atom stereocenters. The second-order valence-electron chi connectivity index (χ2n) is 7.16. The fraction of sp³-hybridized carbons (Fsp3) is 0.318. The van der Waals surface area contributed by atoms with Gasteiger partial charge in [-0.05, 0) is 42.5 Å². The van der Waals surface area contributed by atoms with Crippen molar-refractivity contribution in [3.8, 4) is 11.5 Å². The lowest BCUT2D eigenvalue weighted by atomic mass is 10.00. The van der Waals surface area contributed by atoms with Gasteiger partial charge in [0.05, 0.1) is 11.8 Å². The van der Waals surface area contributed by atoms with Gasteiger partial charge in [-0.15, -0.1) is 10.2 Å². The summed E-state index contributed by atoms with van der Waals surface area (Å²) in [5.74, 6) is 1.25. The van der Waals surface area contributed by atoms with Crippen LogP contribution in [0.2, 0.25) is 0 Å². The molecule has 28 heavy (non-hydrogen) atoms. The highest BCUT2D eigenvalue weighted by molar-refractivity contribution is 7.99. The zero-order valence-corrected chi connectivity index (χ0v) is 17.2. The molecule has 2 aromatic carbocycles. The molecule has 0 spiro atoms. The molecule has 0 aliphatic heterocycles. The Morgan fingerprint density at radius 1 is 1.04 bits per heavy atom. The van der Waals surface area contributed by atoms with Gasteiger partial charge in [0.15, 0.2) is 0 Å². The Labute approximate surface area is 170 Å². The maximum Gasteiger partial charge on any atom is 0.277 e. The first kappa shape index (κ1) is 20.1. The Hall–Kier alpha value is -2.60. The summed E-state index contributed by atoms with van der Waals surface area (Å²) >= 11 is 1.24. The van der Waals surface area contributed by atoms with Crippen molar-refractivity contribution in [3.63, 3.8) is 0 Å².